The second-order valence-electron chi connectivity index (χ2n) is 7.08. The van der Waals surface area contributed by atoms with Crippen molar-refractivity contribution in [3.63, 3.8) is 0 Å². The van der Waals surface area contributed by atoms with Gasteiger partial charge in [-0.3, -0.25) is 0 Å². The van der Waals surface area contributed by atoms with Crippen LogP contribution in [0.25, 0.3) is 0 Å². The quantitative estimate of drug-likeness (QED) is 0.901. The Morgan fingerprint density at radius 3 is 2.64 bits per heavy atom. The van der Waals surface area contributed by atoms with Crippen LogP contribution in [0.15, 0.2) is 24.3 Å². The van der Waals surface area contributed by atoms with Crippen molar-refractivity contribution >= 4 is 11.8 Å². The van der Waals surface area contributed by atoms with Gasteiger partial charge in [-0.25, -0.2) is 4.79 Å². The minimum Gasteiger partial charge on any atom is -0.444 e. The molecular formula is C17H27N3O2. The smallest absolute Gasteiger partial charge is 0.408 e. The van der Waals surface area contributed by atoms with E-state index in [2.05, 4.69) is 33.7 Å². The summed E-state index contributed by atoms with van der Waals surface area (Å²) in [5.74, 6) is 0. The van der Waals surface area contributed by atoms with Gasteiger partial charge in [0.1, 0.15) is 5.60 Å². The molecule has 1 aliphatic rings. The SMILES string of the molecule is CN(C)c1cccc(C2(NC(=O)OC(C)(C)C)CCNC2)c1. The van der Waals surface area contributed by atoms with E-state index in [1.165, 1.54) is 0 Å². The predicted molar refractivity (Wildman–Crippen MR) is 89.3 cm³/mol. The first-order chi connectivity index (χ1) is 10.2. The molecule has 1 aromatic carbocycles. The zero-order valence-corrected chi connectivity index (χ0v) is 14.2. The lowest BCUT2D eigenvalue weighted by molar-refractivity contribution is 0.0461. The number of anilines is 1. The number of carbonyl (C=O) groups excluding carboxylic acids is 1. The first-order valence-corrected chi connectivity index (χ1v) is 7.72. The molecule has 1 atom stereocenters. The van der Waals surface area contributed by atoms with E-state index in [0.717, 1.165) is 24.2 Å². The number of benzene rings is 1. The summed E-state index contributed by atoms with van der Waals surface area (Å²) < 4.78 is 5.44. The van der Waals surface area contributed by atoms with Gasteiger partial charge in [0.05, 0.1) is 5.54 Å². The second-order valence-corrected chi connectivity index (χ2v) is 7.08. The fraction of sp³-hybridized carbons (Fsp3) is 0.588. The highest BCUT2D eigenvalue weighted by atomic mass is 16.6. The second kappa shape index (κ2) is 6.16. The van der Waals surface area contributed by atoms with Crippen LogP contribution in [0.2, 0.25) is 0 Å². The number of carbonyl (C=O) groups is 1. The summed E-state index contributed by atoms with van der Waals surface area (Å²) in [4.78, 5) is 14.3. The maximum absolute atomic E-state index is 12.2. The van der Waals surface area contributed by atoms with Gasteiger partial charge in [0.2, 0.25) is 0 Å². The normalized spacial score (nSPS) is 21.5. The average molecular weight is 305 g/mol. The number of hydrogen-bond acceptors (Lipinski definition) is 4. The van der Waals surface area contributed by atoms with Crippen LogP contribution < -0.4 is 15.5 Å². The van der Waals surface area contributed by atoms with E-state index in [1.54, 1.807) is 0 Å². The number of rotatable bonds is 3. The Morgan fingerprint density at radius 2 is 2.09 bits per heavy atom. The fourth-order valence-corrected chi connectivity index (χ4v) is 2.70. The molecule has 2 rings (SSSR count). The van der Waals surface area contributed by atoms with Gasteiger partial charge >= 0.3 is 6.09 Å². The van der Waals surface area contributed by atoms with Gasteiger partial charge in [0.25, 0.3) is 0 Å². The van der Waals surface area contributed by atoms with Crippen molar-refractivity contribution in [3.8, 4) is 0 Å². The molecule has 0 radical (unpaired) electrons. The van der Waals surface area contributed by atoms with Gasteiger partial charge in [-0.05, 0) is 51.4 Å². The molecule has 0 aromatic heterocycles. The van der Waals surface area contributed by atoms with E-state index in [1.807, 2.05) is 40.9 Å². The lowest BCUT2D eigenvalue weighted by Gasteiger charge is -2.32. The highest BCUT2D eigenvalue weighted by molar-refractivity contribution is 5.69. The zero-order valence-electron chi connectivity index (χ0n) is 14.2. The summed E-state index contributed by atoms with van der Waals surface area (Å²) >= 11 is 0. The fourth-order valence-electron chi connectivity index (χ4n) is 2.70. The number of nitrogens with one attached hydrogen (secondary N) is 2. The third-order valence-electron chi connectivity index (χ3n) is 3.81. The minimum absolute atomic E-state index is 0.369. The van der Waals surface area contributed by atoms with Crippen LogP contribution in [-0.2, 0) is 10.3 Å². The van der Waals surface area contributed by atoms with Crippen molar-refractivity contribution in [3.05, 3.63) is 29.8 Å². The van der Waals surface area contributed by atoms with Crippen molar-refractivity contribution in [2.24, 2.45) is 0 Å². The minimum atomic E-state index is -0.497. The van der Waals surface area contributed by atoms with E-state index in [0.29, 0.717) is 6.54 Å². The summed E-state index contributed by atoms with van der Waals surface area (Å²) in [5.41, 5.74) is 1.32. The first-order valence-electron chi connectivity index (χ1n) is 7.72. The van der Waals surface area contributed by atoms with Gasteiger partial charge in [-0.1, -0.05) is 12.1 Å². The number of amides is 1. The first kappa shape index (κ1) is 16.6. The molecule has 5 heteroatoms. The molecule has 2 N–H and O–H groups in total. The molecule has 1 saturated heterocycles. The lowest BCUT2D eigenvalue weighted by atomic mass is 9.88. The highest BCUT2D eigenvalue weighted by Crippen LogP contribution is 2.30. The molecule has 1 amide bonds. The molecule has 1 aliphatic heterocycles. The van der Waals surface area contributed by atoms with E-state index >= 15 is 0 Å². The maximum Gasteiger partial charge on any atom is 0.408 e. The number of nitrogens with zero attached hydrogens (tertiary/aromatic N) is 1. The van der Waals surface area contributed by atoms with E-state index in [9.17, 15) is 4.79 Å². The molecule has 0 spiro atoms. The third kappa shape index (κ3) is 3.91. The summed E-state index contributed by atoms with van der Waals surface area (Å²) in [7, 11) is 4.03. The molecule has 1 fully saturated rings. The Labute approximate surface area is 133 Å². The topological polar surface area (TPSA) is 53.6 Å². The van der Waals surface area contributed by atoms with Gasteiger partial charge in [0, 0.05) is 26.3 Å². The number of hydrogen-bond donors (Lipinski definition) is 2. The van der Waals surface area contributed by atoms with Crippen LogP contribution in [0.4, 0.5) is 10.5 Å². The van der Waals surface area contributed by atoms with Crippen LogP contribution in [0, 0.1) is 0 Å². The van der Waals surface area contributed by atoms with E-state index in [4.69, 9.17) is 4.74 Å². The molecule has 0 saturated carbocycles. The van der Waals surface area contributed by atoms with Crippen molar-refractivity contribution in [2.45, 2.75) is 38.3 Å². The molecule has 0 aliphatic carbocycles. The van der Waals surface area contributed by atoms with Crippen LogP contribution in [0.3, 0.4) is 0 Å². The largest absolute Gasteiger partial charge is 0.444 e. The standard InChI is InChI=1S/C17H27N3O2/c1-16(2,3)22-15(21)19-17(9-10-18-12-17)13-7-6-8-14(11-13)20(4)5/h6-8,11,18H,9-10,12H2,1-5H3,(H,19,21). The van der Waals surface area contributed by atoms with E-state index < -0.39 is 11.1 Å². The number of alkyl carbamates (subject to hydrolysis) is 1. The Kier molecular flexibility index (Phi) is 4.66. The molecule has 1 heterocycles. The monoisotopic (exact) mass is 305 g/mol. The molecule has 122 valence electrons. The Bertz CT molecular complexity index is 529. The van der Waals surface area contributed by atoms with Crippen molar-refractivity contribution in [2.75, 3.05) is 32.1 Å². The van der Waals surface area contributed by atoms with E-state index in [-0.39, 0.29) is 6.09 Å². The summed E-state index contributed by atoms with van der Waals surface area (Å²) in [6.07, 6.45) is 0.481. The van der Waals surface area contributed by atoms with Crippen LogP contribution >= 0.6 is 0 Å². The van der Waals surface area contributed by atoms with Crippen LogP contribution in [0.5, 0.6) is 0 Å². The molecular weight excluding hydrogens is 278 g/mol. The highest BCUT2D eigenvalue weighted by Gasteiger charge is 2.38. The molecule has 22 heavy (non-hydrogen) atoms. The lowest BCUT2D eigenvalue weighted by Crippen LogP contribution is -2.49. The van der Waals surface area contributed by atoms with Gasteiger partial charge in [-0.15, -0.1) is 0 Å². The number of ether oxygens (including phenoxy) is 1. The summed E-state index contributed by atoms with van der Waals surface area (Å²) in [5, 5.41) is 6.43. The zero-order chi connectivity index (χ0) is 16.4. The molecule has 1 unspecified atom stereocenters. The van der Waals surface area contributed by atoms with Gasteiger partial charge in [0.15, 0.2) is 0 Å². The van der Waals surface area contributed by atoms with Crippen molar-refractivity contribution < 1.29 is 9.53 Å². The Morgan fingerprint density at radius 1 is 1.36 bits per heavy atom. The molecule has 0 bridgehead atoms. The Hall–Kier alpha value is -1.75. The maximum atomic E-state index is 12.2. The molecule has 1 aromatic rings. The van der Waals surface area contributed by atoms with Crippen LogP contribution in [0.1, 0.15) is 32.8 Å². The van der Waals surface area contributed by atoms with Crippen molar-refractivity contribution in [1.82, 2.24) is 10.6 Å². The van der Waals surface area contributed by atoms with Gasteiger partial charge in [-0.2, -0.15) is 0 Å². The van der Waals surface area contributed by atoms with Crippen LogP contribution in [-0.4, -0.2) is 38.9 Å². The summed E-state index contributed by atoms with van der Waals surface area (Å²) in [6.45, 7) is 7.21. The predicted octanol–water partition coefficient (Wildman–Crippen LogP) is 2.47. The average Bonchev–Trinajstić information content (AvgIpc) is 2.86. The van der Waals surface area contributed by atoms with Crippen molar-refractivity contribution in [1.29, 1.82) is 0 Å². The third-order valence-corrected chi connectivity index (χ3v) is 3.81. The molecule has 5 nitrogen and oxygen atoms in total. The Balaban J connectivity index is 2.25. The summed E-state index contributed by atoms with van der Waals surface area (Å²) in [6, 6.07) is 8.29. The van der Waals surface area contributed by atoms with Gasteiger partial charge < -0.3 is 20.3 Å².